The molecule has 0 saturated carbocycles. The van der Waals surface area contributed by atoms with Crippen molar-refractivity contribution >= 4 is 17.3 Å². The molecular weight excluding hydrogens is 322 g/mol. The Labute approximate surface area is 148 Å². The van der Waals surface area contributed by atoms with Crippen LogP contribution in [-0.2, 0) is 0 Å². The summed E-state index contributed by atoms with van der Waals surface area (Å²) in [5, 5.41) is 10.2. The molecule has 4 heteroatoms. The van der Waals surface area contributed by atoms with Crippen LogP contribution in [0.15, 0.2) is 42.5 Å². The summed E-state index contributed by atoms with van der Waals surface area (Å²) >= 11 is 6.04. The summed E-state index contributed by atoms with van der Waals surface area (Å²) in [5.41, 5.74) is 2.25. The number of halogens is 1. The molecule has 3 rings (SSSR count). The van der Waals surface area contributed by atoms with E-state index in [2.05, 4.69) is 4.90 Å². The van der Waals surface area contributed by atoms with Gasteiger partial charge in [-0.1, -0.05) is 11.6 Å². The molecule has 1 heterocycles. The molecule has 0 spiro atoms. The number of hydrogen-bond acceptors (Lipinski definition) is 3. The van der Waals surface area contributed by atoms with E-state index in [4.69, 9.17) is 16.3 Å². The molecule has 0 amide bonds. The van der Waals surface area contributed by atoms with E-state index in [0.29, 0.717) is 11.7 Å². The first-order valence-electron chi connectivity index (χ1n) is 8.55. The number of rotatable bonds is 5. The van der Waals surface area contributed by atoms with Crippen LogP contribution in [0.5, 0.6) is 11.5 Å². The van der Waals surface area contributed by atoms with Gasteiger partial charge in [0, 0.05) is 23.8 Å². The van der Waals surface area contributed by atoms with Crippen LogP contribution < -0.4 is 9.64 Å². The quantitative estimate of drug-likeness (QED) is 0.824. The van der Waals surface area contributed by atoms with Gasteiger partial charge in [0.05, 0.1) is 6.61 Å². The van der Waals surface area contributed by atoms with Crippen LogP contribution in [0.4, 0.5) is 5.69 Å². The fourth-order valence-corrected chi connectivity index (χ4v) is 3.31. The highest BCUT2D eigenvalue weighted by atomic mass is 35.5. The molecule has 1 saturated heterocycles. The number of aryl methyl sites for hydroxylation is 1. The number of phenolic OH excluding ortho intramolecular Hbond substituents is 1. The molecule has 1 aliphatic heterocycles. The SMILES string of the molecule is Cc1cc(OCCC2CCN(c3ccc(O)cc3)CC2)ccc1Cl. The standard InChI is InChI=1S/C20H24ClNO2/c1-15-14-19(6-7-20(15)21)24-13-10-16-8-11-22(12-9-16)17-2-4-18(23)5-3-17/h2-7,14,16,23H,8-13H2,1H3. The van der Waals surface area contributed by atoms with Crippen molar-refractivity contribution in [3.8, 4) is 11.5 Å². The van der Waals surface area contributed by atoms with Crippen LogP contribution in [-0.4, -0.2) is 24.8 Å². The van der Waals surface area contributed by atoms with E-state index in [9.17, 15) is 5.11 Å². The monoisotopic (exact) mass is 345 g/mol. The van der Waals surface area contributed by atoms with E-state index in [1.54, 1.807) is 12.1 Å². The molecule has 0 unspecified atom stereocenters. The van der Waals surface area contributed by atoms with Gasteiger partial charge in [0.15, 0.2) is 0 Å². The van der Waals surface area contributed by atoms with Crippen molar-refractivity contribution in [2.75, 3.05) is 24.6 Å². The zero-order valence-corrected chi connectivity index (χ0v) is 14.8. The number of anilines is 1. The lowest BCUT2D eigenvalue weighted by atomic mass is 9.93. The Morgan fingerprint density at radius 2 is 1.83 bits per heavy atom. The van der Waals surface area contributed by atoms with Gasteiger partial charge in [-0.05, 0) is 80.1 Å². The van der Waals surface area contributed by atoms with Crippen molar-refractivity contribution in [2.24, 2.45) is 5.92 Å². The topological polar surface area (TPSA) is 32.7 Å². The average molecular weight is 346 g/mol. The molecular formula is C20H24ClNO2. The summed E-state index contributed by atoms with van der Waals surface area (Å²) in [4.78, 5) is 2.39. The molecule has 0 aliphatic carbocycles. The molecule has 2 aromatic rings. The summed E-state index contributed by atoms with van der Waals surface area (Å²) in [6.45, 7) is 4.88. The number of hydrogen-bond donors (Lipinski definition) is 1. The van der Waals surface area contributed by atoms with Gasteiger partial charge in [-0.2, -0.15) is 0 Å². The second-order valence-corrected chi connectivity index (χ2v) is 6.90. The van der Waals surface area contributed by atoms with Crippen LogP contribution in [0.1, 0.15) is 24.8 Å². The van der Waals surface area contributed by atoms with Crippen LogP contribution in [0.25, 0.3) is 0 Å². The molecule has 128 valence electrons. The van der Waals surface area contributed by atoms with E-state index in [1.807, 2.05) is 37.3 Å². The molecule has 1 N–H and O–H groups in total. The van der Waals surface area contributed by atoms with Crippen molar-refractivity contribution in [3.05, 3.63) is 53.1 Å². The first-order chi connectivity index (χ1) is 11.6. The van der Waals surface area contributed by atoms with E-state index >= 15 is 0 Å². The largest absolute Gasteiger partial charge is 0.508 e. The van der Waals surface area contributed by atoms with Crippen LogP contribution >= 0.6 is 11.6 Å². The fourth-order valence-electron chi connectivity index (χ4n) is 3.19. The molecule has 0 radical (unpaired) electrons. The molecule has 1 aliphatic rings. The van der Waals surface area contributed by atoms with E-state index < -0.39 is 0 Å². The molecule has 0 atom stereocenters. The van der Waals surface area contributed by atoms with Gasteiger partial charge in [0.1, 0.15) is 11.5 Å². The predicted molar refractivity (Wildman–Crippen MR) is 99.3 cm³/mol. The lowest BCUT2D eigenvalue weighted by Gasteiger charge is -2.33. The Bertz CT molecular complexity index is 664. The molecule has 1 fully saturated rings. The van der Waals surface area contributed by atoms with Crippen molar-refractivity contribution < 1.29 is 9.84 Å². The molecule has 24 heavy (non-hydrogen) atoms. The number of phenols is 1. The third-order valence-electron chi connectivity index (χ3n) is 4.75. The van der Waals surface area contributed by atoms with Gasteiger partial charge >= 0.3 is 0 Å². The lowest BCUT2D eigenvalue weighted by molar-refractivity contribution is 0.258. The first kappa shape index (κ1) is 17.0. The number of benzene rings is 2. The van der Waals surface area contributed by atoms with Crippen molar-refractivity contribution in [2.45, 2.75) is 26.2 Å². The Morgan fingerprint density at radius 1 is 1.12 bits per heavy atom. The summed E-state index contributed by atoms with van der Waals surface area (Å²) in [5.74, 6) is 1.94. The zero-order valence-electron chi connectivity index (χ0n) is 14.0. The summed E-state index contributed by atoms with van der Waals surface area (Å²) < 4.78 is 5.87. The minimum Gasteiger partial charge on any atom is -0.508 e. The lowest BCUT2D eigenvalue weighted by Crippen LogP contribution is -2.34. The second-order valence-electron chi connectivity index (χ2n) is 6.49. The van der Waals surface area contributed by atoms with Crippen LogP contribution in [0, 0.1) is 12.8 Å². The van der Waals surface area contributed by atoms with Gasteiger partial charge in [-0.15, -0.1) is 0 Å². The normalized spacial score (nSPS) is 15.5. The second kappa shape index (κ2) is 7.80. The number of aromatic hydroxyl groups is 1. The maximum Gasteiger partial charge on any atom is 0.119 e. The highest BCUT2D eigenvalue weighted by Gasteiger charge is 2.19. The molecule has 0 aromatic heterocycles. The minimum absolute atomic E-state index is 0.322. The first-order valence-corrected chi connectivity index (χ1v) is 8.92. The number of nitrogens with zero attached hydrogens (tertiary/aromatic N) is 1. The summed E-state index contributed by atoms with van der Waals surface area (Å²) in [6.07, 6.45) is 3.46. The van der Waals surface area contributed by atoms with E-state index in [0.717, 1.165) is 42.5 Å². The van der Waals surface area contributed by atoms with Crippen molar-refractivity contribution in [1.82, 2.24) is 0 Å². The Hall–Kier alpha value is -1.87. The van der Waals surface area contributed by atoms with Crippen LogP contribution in [0.2, 0.25) is 5.02 Å². The maximum atomic E-state index is 9.38. The Morgan fingerprint density at radius 3 is 2.50 bits per heavy atom. The minimum atomic E-state index is 0.322. The van der Waals surface area contributed by atoms with E-state index in [-0.39, 0.29) is 0 Å². The van der Waals surface area contributed by atoms with Gasteiger partial charge in [-0.3, -0.25) is 0 Å². The molecule has 0 bridgehead atoms. The predicted octanol–water partition coefficient (Wildman–Crippen LogP) is 5.04. The maximum absolute atomic E-state index is 9.38. The molecule has 2 aromatic carbocycles. The Kier molecular flexibility index (Phi) is 5.52. The van der Waals surface area contributed by atoms with E-state index in [1.165, 1.54) is 18.5 Å². The van der Waals surface area contributed by atoms with Gasteiger partial charge in [0.25, 0.3) is 0 Å². The molecule has 3 nitrogen and oxygen atoms in total. The zero-order chi connectivity index (χ0) is 16.9. The fraction of sp³-hybridized carbons (Fsp3) is 0.400. The van der Waals surface area contributed by atoms with Crippen molar-refractivity contribution in [3.63, 3.8) is 0 Å². The smallest absolute Gasteiger partial charge is 0.119 e. The summed E-state index contributed by atoms with van der Waals surface area (Å²) in [7, 11) is 0. The third-order valence-corrected chi connectivity index (χ3v) is 5.18. The van der Waals surface area contributed by atoms with Crippen molar-refractivity contribution in [1.29, 1.82) is 0 Å². The van der Waals surface area contributed by atoms with Gasteiger partial charge < -0.3 is 14.7 Å². The number of ether oxygens (including phenoxy) is 1. The average Bonchev–Trinajstić information content (AvgIpc) is 2.59. The highest BCUT2D eigenvalue weighted by molar-refractivity contribution is 6.31. The van der Waals surface area contributed by atoms with Gasteiger partial charge in [-0.25, -0.2) is 0 Å². The number of piperidine rings is 1. The summed E-state index contributed by atoms with van der Waals surface area (Å²) in [6, 6.07) is 13.3. The highest BCUT2D eigenvalue weighted by Crippen LogP contribution is 2.27. The van der Waals surface area contributed by atoms with Gasteiger partial charge in [0.2, 0.25) is 0 Å². The third kappa shape index (κ3) is 4.35. The van der Waals surface area contributed by atoms with Crippen LogP contribution in [0.3, 0.4) is 0 Å². The Balaban J connectivity index is 1.42.